The van der Waals surface area contributed by atoms with Gasteiger partial charge in [-0.25, -0.2) is 0 Å². The topological polar surface area (TPSA) is 57.5 Å². The molecule has 3 nitrogen and oxygen atoms in total. The van der Waals surface area contributed by atoms with Crippen LogP contribution in [0.3, 0.4) is 0 Å². The maximum atomic E-state index is 12.1. The average molecular weight is 270 g/mol. The van der Waals surface area contributed by atoms with Gasteiger partial charge in [0, 0.05) is 17.5 Å². The number of phenolic OH excluding ortho intramolecular Hbond substituents is 2. The highest BCUT2D eigenvalue weighted by Gasteiger charge is 2.10. The molecular formula is C17H18O3. The number of hydrogen-bond acceptors (Lipinski definition) is 3. The number of aryl methyl sites for hydroxylation is 1. The summed E-state index contributed by atoms with van der Waals surface area (Å²) in [5.41, 5.74) is 2.22. The summed E-state index contributed by atoms with van der Waals surface area (Å²) in [7, 11) is 0. The summed E-state index contributed by atoms with van der Waals surface area (Å²) in [6.45, 7) is 1.92. The molecule has 0 radical (unpaired) electrons. The highest BCUT2D eigenvalue weighted by Crippen LogP contribution is 2.28. The fraction of sp³-hybridized carbons (Fsp3) is 0.235. The Labute approximate surface area is 118 Å². The van der Waals surface area contributed by atoms with Gasteiger partial charge in [0.05, 0.1) is 0 Å². The summed E-state index contributed by atoms with van der Waals surface area (Å²) in [5, 5.41) is 19.3. The Morgan fingerprint density at radius 1 is 1.00 bits per heavy atom. The van der Waals surface area contributed by atoms with Gasteiger partial charge in [-0.2, -0.15) is 0 Å². The van der Waals surface area contributed by atoms with Gasteiger partial charge in [-0.3, -0.25) is 4.79 Å². The number of rotatable bonds is 5. The molecular weight excluding hydrogens is 252 g/mol. The van der Waals surface area contributed by atoms with Gasteiger partial charge in [0.15, 0.2) is 5.78 Å². The molecule has 0 bridgehead atoms. The van der Waals surface area contributed by atoms with Crippen LogP contribution < -0.4 is 0 Å². The Balaban J connectivity index is 1.97. The first kappa shape index (κ1) is 14.1. The first-order valence-corrected chi connectivity index (χ1v) is 6.68. The first-order chi connectivity index (χ1) is 9.59. The molecule has 0 spiro atoms. The minimum Gasteiger partial charge on any atom is -0.508 e. The highest BCUT2D eigenvalue weighted by molar-refractivity contribution is 5.97. The van der Waals surface area contributed by atoms with Gasteiger partial charge < -0.3 is 10.2 Å². The van der Waals surface area contributed by atoms with Crippen molar-refractivity contribution in [3.8, 4) is 11.5 Å². The zero-order valence-electron chi connectivity index (χ0n) is 11.5. The molecule has 0 unspecified atom stereocenters. The molecule has 3 heteroatoms. The summed E-state index contributed by atoms with van der Waals surface area (Å²) in [4.78, 5) is 12.1. The van der Waals surface area contributed by atoms with E-state index in [4.69, 9.17) is 0 Å². The third-order valence-corrected chi connectivity index (χ3v) is 3.40. The Morgan fingerprint density at radius 3 is 2.30 bits per heavy atom. The smallest absolute Gasteiger partial charge is 0.163 e. The molecule has 0 atom stereocenters. The molecule has 0 aliphatic heterocycles. The van der Waals surface area contributed by atoms with Crippen LogP contribution in [0.1, 0.15) is 34.3 Å². The quantitative estimate of drug-likeness (QED) is 0.816. The van der Waals surface area contributed by atoms with Crippen LogP contribution in [0.4, 0.5) is 0 Å². The SMILES string of the molecule is Cc1ccccc1C(=O)CCCc1c(O)cccc1O. The van der Waals surface area contributed by atoms with Crippen molar-refractivity contribution in [2.45, 2.75) is 26.2 Å². The fourth-order valence-corrected chi connectivity index (χ4v) is 2.27. The van der Waals surface area contributed by atoms with Crippen LogP contribution in [0.5, 0.6) is 11.5 Å². The minimum absolute atomic E-state index is 0.0772. The van der Waals surface area contributed by atoms with Crippen LogP contribution in [-0.2, 0) is 6.42 Å². The maximum absolute atomic E-state index is 12.1. The Hall–Kier alpha value is -2.29. The van der Waals surface area contributed by atoms with Gasteiger partial charge in [0.2, 0.25) is 0 Å². The number of carbonyl (C=O) groups is 1. The van der Waals surface area contributed by atoms with Crippen LogP contribution >= 0.6 is 0 Å². The third kappa shape index (κ3) is 3.18. The monoisotopic (exact) mass is 270 g/mol. The van der Waals surface area contributed by atoms with Crippen molar-refractivity contribution < 1.29 is 15.0 Å². The van der Waals surface area contributed by atoms with E-state index >= 15 is 0 Å². The zero-order valence-corrected chi connectivity index (χ0v) is 11.5. The van der Waals surface area contributed by atoms with Crippen LogP contribution in [0.2, 0.25) is 0 Å². The first-order valence-electron chi connectivity index (χ1n) is 6.68. The molecule has 2 rings (SSSR count). The number of benzene rings is 2. The zero-order chi connectivity index (χ0) is 14.5. The number of ketones is 1. The molecule has 20 heavy (non-hydrogen) atoms. The summed E-state index contributed by atoms with van der Waals surface area (Å²) in [6, 6.07) is 12.2. The molecule has 2 aromatic rings. The van der Waals surface area contributed by atoms with Crippen molar-refractivity contribution in [2.24, 2.45) is 0 Å². The number of aromatic hydroxyl groups is 2. The Kier molecular flexibility index (Phi) is 4.41. The molecule has 0 fully saturated rings. The van der Waals surface area contributed by atoms with Crippen molar-refractivity contribution in [3.63, 3.8) is 0 Å². The van der Waals surface area contributed by atoms with Crippen molar-refractivity contribution >= 4 is 5.78 Å². The molecule has 0 aliphatic carbocycles. The minimum atomic E-state index is 0.0772. The van der Waals surface area contributed by atoms with Crippen LogP contribution in [-0.4, -0.2) is 16.0 Å². The molecule has 0 saturated carbocycles. The molecule has 2 N–H and O–H groups in total. The summed E-state index contributed by atoms with van der Waals surface area (Å²) in [6.07, 6.45) is 1.48. The molecule has 0 aliphatic rings. The predicted octanol–water partition coefficient (Wildman–Crippen LogP) is 3.61. The lowest BCUT2D eigenvalue weighted by Crippen LogP contribution is -2.02. The van der Waals surface area contributed by atoms with Crippen molar-refractivity contribution in [2.75, 3.05) is 0 Å². The van der Waals surface area contributed by atoms with Crippen LogP contribution in [0.25, 0.3) is 0 Å². The van der Waals surface area contributed by atoms with Gasteiger partial charge in [-0.15, -0.1) is 0 Å². The lowest BCUT2D eigenvalue weighted by molar-refractivity contribution is 0.0979. The van der Waals surface area contributed by atoms with Gasteiger partial charge in [0.1, 0.15) is 11.5 Å². The summed E-state index contributed by atoms with van der Waals surface area (Å²) < 4.78 is 0. The summed E-state index contributed by atoms with van der Waals surface area (Å²) in [5.74, 6) is 0.250. The highest BCUT2D eigenvalue weighted by atomic mass is 16.3. The number of Topliss-reactive ketones (excluding diaryl/α,β-unsaturated/α-hetero) is 1. The molecule has 0 aromatic heterocycles. The van der Waals surface area contributed by atoms with E-state index < -0.39 is 0 Å². The molecule has 2 aromatic carbocycles. The second-order valence-electron chi connectivity index (χ2n) is 4.87. The molecule has 0 heterocycles. The lowest BCUT2D eigenvalue weighted by atomic mass is 9.99. The van der Waals surface area contributed by atoms with Crippen molar-refractivity contribution in [1.82, 2.24) is 0 Å². The normalized spacial score (nSPS) is 10.4. The van der Waals surface area contributed by atoms with E-state index in [-0.39, 0.29) is 17.3 Å². The van der Waals surface area contributed by atoms with E-state index in [9.17, 15) is 15.0 Å². The van der Waals surface area contributed by atoms with Gasteiger partial charge >= 0.3 is 0 Å². The van der Waals surface area contributed by atoms with Crippen molar-refractivity contribution in [3.05, 3.63) is 59.2 Å². The number of phenols is 2. The van der Waals surface area contributed by atoms with E-state index in [0.717, 1.165) is 11.1 Å². The average Bonchev–Trinajstić information content (AvgIpc) is 2.42. The second kappa shape index (κ2) is 6.24. The van der Waals surface area contributed by atoms with Gasteiger partial charge in [0.25, 0.3) is 0 Å². The number of hydrogen-bond donors (Lipinski definition) is 2. The van der Waals surface area contributed by atoms with Gasteiger partial charge in [-0.1, -0.05) is 30.3 Å². The summed E-state index contributed by atoms with van der Waals surface area (Å²) >= 11 is 0. The predicted molar refractivity (Wildman–Crippen MR) is 78.2 cm³/mol. The van der Waals surface area contributed by atoms with E-state index in [2.05, 4.69) is 0 Å². The van der Waals surface area contributed by atoms with Crippen LogP contribution in [0.15, 0.2) is 42.5 Å². The van der Waals surface area contributed by atoms with E-state index in [1.807, 2.05) is 31.2 Å². The Bertz CT molecular complexity index is 597. The van der Waals surface area contributed by atoms with E-state index in [0.29, 0.717) is 24.8 Å². The maximum Gasteiger partial charge on any atom is 0.163 e. The lowest BCUT2D eigenvalue weighted by Gasteiger charge is -2.07. The standard InChI is InChI=1S/C17H18O3/c1-12-6-2-3-7-13(12)15(18)9-4-8-14-16(19)10-5-11-17(14)20/h2-3,5-7,10-11,19-20H,4,8-9H2,1H3. The second-order valence-corrected chi connectivity index (χ2v) is 4.87. The number of carbonyl (C=O) groups excluding carboxylic acids is 1. The van der Waals surface area contributed by atoms with Crippen LogP contribution in [0, 0.1) is 6.92 Å². The van der Waals surface area contributed by atoms with Crippen molar-refractivity contribution in [1.29, 1.82) is 0 Å². The molecule has 104 valence electrons. The molecule has 0 saturated heterocycles. The fourth-order valence-electron chi connectivity index (χ4n) is 2.27. The van der Waals surface area contributed by atoms with Gasteiger partial charge in [-0.05, 0) is 37.5 Å². The Morgan fingerprint density at radius 2 is 1.65 bits per heavy atom. The van der Waals surface area contributed by atoms with E-state index in [1.54, 1.807) is 6.07 Å². The van der Waals surface area contributed by atoms with E-state index in [1.165, 1.54) is 12.1 Å². The largest absolute Gasteiger partial charge is 0.508 e. The molecule has 0 amide bonds. The third-order valence-electron chi connectivity index (χ3n) is 3.40.